The number of benzene rings is 1. The van der Waals surface area contributed by atoms with Crippen molar-refractivity contribution in [1.82, 2.24) is 0 Å². The second kappa shape index (κ2) is 8.65. The summed E-state index contributed by atoms with van der Waals surface area (Å²) in [6, 6.07) is 6.58. The Morgan fingerprint density at radius 2 is 1.76 bits per heavy atom. The van der Waals surface area contributed by atoms with Crippen LogP contribution in [-0.2, 0) is 19.4 Å². The van der Waals surface area contributed by atoms with Gasteiger partial charge in [-0.25, -0.2) is 13.2 Å². The molecule has 4 nitrogen and oxygen atoms in total. The third-order valence-corrected chi connectivity index (χ3v) is 6.83. The van der Waals surface area contributed by atoms with E-state index in [0.717, 1.165) is 12.8 Å². The van der Waals surface area contributed by atoms with Crippen LogP contribution in [0.25, 0.3) is 5.57 Å². The molecule has 0 aromatic heterocycles. The van der Waals surface area contributed by atoms with Crippen LogP contribution in [0.3, 0.4) is 0 Å². The van der Waals surface area contributed by atoms with Crippen LogP contribution < -0.4 is 0 Å². The Hall–Kier alpha value is -1.62. The molecule has 0 heterocycles. The number of ether oxygens (including phenoxy) is 1. The maximum atomic E-state index is 12.4. The topological polar surface area (TPSA) is 60.4 Å². The smallest absolute Gasteiger partial charge is 0.338 e. The van der Waals surface area contributed by atoms with Crippen molar-refractivity contribution in [2.45, 2.75) is 63.0 Å². The van der Waals surface area contributed by atoms with Gasteiger partial charge in [0.2, 0.25) is 0 Å². The SMILES string of the molecule is CCOC(=O)/C(=C/C1CCCCC1)c1ccc(S(=O)(=O)C(C)C)cc1. The zero-order valence-electron chi connectivity index (χ0n) is 15.3. The minimum Gasteiger partial charge on any atom is -0.462 e. The van der Waals surface area contributed by atoms with Crippen LogP contribution in [0, 0.1) is 5.92 Å². The van der Waals surface area contributed by atoms with Gasteiger partial charge in [-0.1, -0.05) is 37.5 Å². The van der Waals surface area contributed by atoms with Gasteiger partial charge >= 0.3 is 5.97 Å². The van der Waals surface area contributed by atoms with Gasteiger partial charge in [-0.15, -0.1) is 0 Å². The lowest BCUT2D eigenvalue weighted by Gasteiger charge is -2.19. The number of hydrogen-bond donors (Lipinski definition) is 0. The predicted octanol–water partition coefficient (Wildman–Crippen LogP) is 4.40. The average Bonchev–Trinajstić information content (AvgIpc) is 2.60. The van der Waals surface area contributed by atoms with Gasteiger partial charge in [0, 0.05) is 0 Å². The molecule has 1 fully saturated rings. The first-order valence-corrected chi connectivity index (χ1v) is 10.6. The number of carbonyl (C=O) groups is 1. The van der Waals surface area contributed by atoms with Gasteiger partial charge in [0.1, 0.15) is 0 Å². The molecule has 0 radical (unpaired) electrons. The maximum Gasteiger partial charge on any atom is 0.338 e. The highest BCUT2D eigenvalue weighted by atomic mass is 32.2. The summed E-state index contributed by atoms with van der Waals surface area (Å²) in [7, 11) is -3.31. The molecule has 0 aliphatic heterocycles. The Morgan fingerprint density at radius 3 is 2.28 bits per heavy atom. The van der Waals surface area contributed by atoms with Gasteiger partial charge in [-0.2, -0.15) is 0 Å². The molecule has 0 unspecified atom stereocenters. The minimum atomic E-state index is -3.31. The van der Waals surface area contributed by atoms with E-state index in [1.165, 1.54) is 19.3 Å². The zero-order chi connectivity index (χ0) is 18.4. The van der Waals surface area contributed by atoms with Crippen molar-refractivity contribution >= 4 is 21.4 Å². The molecule has 2 rings (SSSR count). The van der Waals surface area contributed by atoms with Crippen molar-refractivity contribution in [2.24, 2.45) is 5.92 Å². The van der Waals surface area contributed by atoms with Crippen LogP contribution >= 0.6 is 0 Å². The van der Waals surface area contributed by atoms with E-state index < -0.39 is 15.1 Å². The zero-order valence-corrected chi connectivity index (χ0v) is 16.1. The third kappa shape index (κ3) is 4.94. The second-order valence-corrected chi connectivity index (χ2v) is 9.32. The van der Waals surface area contributed by atoms with Crippen LogP contribution in [0.4, 0.5) is 0 Å². The molecule has 0 atom stereocenters. The van der Waals surface area contributed by atoms with Crippen LogP contribution in [0.5, 0.6) is 0 Å². The van der Waals surface area contributed by atoms with E-state index in [9.17, 15) is 13.2 Å². The molecule has 0 amide bonds. The number of hydrogen-bond acceptors (Lipinski definition) is 4. The summed E-state index contributed by atoms with van der Waals surface area (Å²) < 4.78 is 29.7. The molecule has 0 N–H and O–H groups in total. The fourth-order valence-electron chi connectivity index (χ4n) is 3.12. The van der Waals surface area contributed by atoms with E-state index in [2.05, 4.69) is 0 Å². The lowest BCUT2D eigenvalue weighted by molar-refractivity contribution is -0.136. The first-order chi connectivity index (χ1) is 11.9. The molecule has 25 heavy (non-hydrogen) atoms. The number of sulfone groups is 1. The Labute approximate surface area is 151 Å². The Kier molecular flexibility index (Phi) is 6.82. The number of carbonyl (C=O) groups excluding carboxylic acids is 1. The standard InChI is InChI=1S/C20H28O4S/c1-4-24-20(21)19(14-16-8-6-5-7-9-16)17-10-12-18(13-11-17)25(22,23)15(2)3/h10-16H,4-9H2,1-3H3/b19-14+. The highest BCUT2D eigenvalue weighted by molar-refractivity contribution is 7.92. The molecule has 5 heteroatoms. The van der Waals surface area contributed by atoms with E-state index in [0.29, 0.717) is 23.7 Å². The molecular weight excluding hydrogens is 336 g/mol. The Balaban J connectivity index is 2.34. The molecular formula is C20H28O4S. The quantitative estimate of drug-likeness (QED) is 0.555. The molecule has 138 valence electrons. The van der Waals surface area contributed by atoms with E-state index in [4.69, 9.17) is 4.74 Å². The summed E-state index contributed by atoms with van der Waals surface area (Å²) in [5.41, 5.74) is 1.26. The molecule has 0 bridgehead atoms. The number of rotatable bonds is 6. The first kappa shape index (κ1) is 19.7. The number of esters is 1. The Morgan fingerprint density at radius 1 is 1.16 bits per heavy atom. The van der Waals surface area contributed by atoms with Crippen LogP contribution in [-0.4, -0.2) is 26.2 Å². The van der Waals surface area contributed by atoms with Crippen molar-refractivity contribution in [3.8, 4) is 0 Å². The molecule has 0 spiro atoms. The van der Waals surface area contributed by atoms with Gasteiger partial charge in [0.15, 0.2) is 9.84 Å². The monoisotopic (exact) mass is 364 g/mol. The van der Waals surface area contributed by atoms with Crippen LogP contribution in [0.15, 0.2) is 35.2 Å². The predicted molar refractivity (Wildman–Crippen MR) is 99.9 cm³/mol. The van der Waals surface area contributed by atoms with Gasteiger partial charge in [-0.05, 0) is 57.2 Å². The molecule has 1 aromatic rings. The van der Waals surface area contributed by atoms with E-state index >= 15 is 0 Å². The van der Waals surface area contributed by atoms with Crippen LogP contribution in [0.1, 0.15) is 58.4 Å². The lowest BCUT2D eigenvalue weighted by Crippen LogP contribution is -2.14. The highest BCUT2D eigenvalue weighted by Gasteiger charge is 2.21. The maximum absolute atomic E-state index is 12.4. The molecule has 0 saturated heterocycles. The van der Waals surface area contributed by atoms with Crippen molar-refractivity contribution < 1.29 is 17.9 Å². The lowest BCUT2D eigenvalue weighted by atomic mass is 9.87. The van der Waals surface area contributed by atoms with Gasteiger partial charge in [-0.3, -0.25) is 0 Å². The van der Waals surface area contributed by atoms with Crippen molar-refractivity contribution in [2.75, 3.05) is 6.61 Å². The molecule has 1 aromatic carbocycles. The molecule has 1 saturated carbocycles. The largest absolute Gasteiger partial charge is 0.462 e. The fraction of sp³-hybridized carbons (Fsp3) is 0.550. The summed E-state index contributed by atoms with van der Waals surface area (Å²) in [6.45, 7) is 5.43. The van der Waals surface area contributed by atoms with Crippen molar-refractivity contribution in [3.63, 3.8) is 0 Å². The molecule has 1 aliphatic rings. The fourth-order valence-corrected chi connectivity index (χ4v) is 4.18. The van der Waals surface area contributed by atoms with Crippen molar-refractivity contribution in [3.05, 3.63) is 35.9 Å². The Bertz CT molecular complexity index is 709. The highest BCUT2D eigenvalue weighted by Crippen LogP contribution is 2.29. The third-order valence-electron chi connectivity index (χ3n) is 4.66. The van der Waals surface area contributed by atoms with Gasteiger partial charge < -0.3 is 4.74 Å². The summed E-state index contributed by atoms with van der Waals surface area (Å²) in [6.07, 6.45) is 7.81. The van der Waals surface area contributed by atoms with E-state index in [1.54, 1.807) is 45.0 Å². The summed E-state index contributed by atoms with van der Waals surface area (Å²) in [5, 5.41) is -0.472. The number of allylic oxidation sites excluding steroid dienone is 1. The normalized spacial score (nSPS) is 16.9. The minimum absolute atomic E-state index is 0.284. The summed E-state index contributed by atoms with van der Waals surface area (Å²) in [4.78, 5) is 12.7. The van der Waals surface area contributed by atoms with Gasteiger partial charge in [0.05, 0.1) is 22.3 Å². The molecule has 1 aliphatic carbocycles. The van der Waals surface area contributed by atoms with E-state index in [1.807, 2.05) is 6.08 Å². The van der Waals surface area contributed by atoms with Crippen LogP contribution in [0.2, 0.25) is 0 Å². The summed E-state index contributed by atoms with van der Waals surface area (Å²) in [5.74, 6) is 0.0415. The van der Waals surface area contributed by atoms with Crippen molar-refractivity contribution in [1.29, 1.82) is 0 Å². The second-order valence-electron chi connectivity index (χ2n) is 6.82. The average molecular weight is 365 g/mol. The van der Waals surface area contributed by atoms with E-state index in [-0.39, 0.29) is 10.9 Å². The first-order valence-electron chi connectivity index (χ1n) is 9.09. The van der Waals surface area contributed by atoms with Gasteiger partial charge in [0.25, 0.3) is 0 Å². The summed E-state index contributed by atoms with van der Waals surface area (Å²) >= 11 is 0.